The van der Waals surface area contributed by atoms with Crippen molar-refractivity contribution in [3.63, 3.8) is 0 Å². The smallest absolute Gasteiger partial charge is 0.273 e. The van der Waals surface area contributed by atoms with E-state index in [1.54, 1.807) is 49.4 Å². The highest BCUT2D eigenvalue weighted by molar-refractivity contribution is 6.01. The standard InChI is InChI=1S/C17H15N3O3/c1-11-9-12(10-18)7-8-13(11)16(21)19-20-17(22)14-5-3-4-6-15(14)23-2/h3-9H,1-2H3,(H,19,21)(H,20,22). The fourth-order valence-electron chi connectivity index (χ4n) is 2.07. The van der Waals surface area contributed by atoms with Crippen molar-refractivity contribution in [2.45, 2.75) is 6.92 Å². The summed E-state index contributed by atoms with van der Waals surface area (Å²) in [7, 11) is 1.46. The first-order valence-electron chi connectivity index (χ1n) is 6.81. The number of aryl methyl sites for hydroxylation is 1. The summed E-state index contributed by atoms with van der Waals surface area (Å²) in [6, 6.07) is 13.4. The number of nitrogens with zero attached hydrogens (tertiary/aromatic N) is 1. The minimum Gasteiger partial charge on any atom is -0.496 e. The first-order chi connectivity index (χ1) is 11.1. The highest BCUT2D eigenvalue weighted by atomic mass is 16.5. The van der Waals surface area contributed by atoms with Gasteiger partial charge in [0.15, 0.2) is 0 Å². The van der Waals surface area contributed by atoms with Crippen LogP contribution in [0.3, 0.4) is 0 Å². The van der Waals surface area contributed by atoms with Gasteiger partial charge >= 0.3 is 0 Å². The average molecular weight is 309 g/mol. The van der Waals surface area contributed by atoms with Gasteiger partial charge in [0.1, 0.15) is 5.75 Å². The van der Waals surface area contributed by atoms with E-state index < -0.39 is 11.8 Å². The third kappa shape index (κ3) is 3.66. The van der Waals surface area contributed by atoms with Gasteiger partial charge in [0.2, 0.25) is 0 Å². The van der Waals surface area contributed by atoms with Gasteiger partial charge in [-0.3, -0.25) is 20.4 Å². The molecule has 0 aliphatic carbocycles. The molecule has 0 radical (unpaired) electrons. The van der Waals surface area contributed by atoms with Gasteiger partial charge in [-0.1, -0.05) is 12.1 Å². The van der Waals surface area contributed by atoms with Crippen LogP contribution in [0, 0.1) is 18.3 Å². The van der Waals surface area contributed by atoms with Crippen LogP contribution in [-0.2, 0) is 0 Å². The van der Waals surface area contributed by atoms with Gasteiger partial charge in [-0.2, -0.15) is 5.26 Å². The van der Waals surface area contributed by atoms with Gasteiger partial charge in [0.25, 0.3) is 11.8 Å². The quantitative estimate of drug-likeness (QED) is 0.848. The van der Waals surface area contributed by atoms with E-state index in [-0.39, 0.29) is 0 Å². The molecule has 2 amide bonds. The van der Waals surface area contributed by atoms with Crippen molar-refractivity contribution >= 4 is 11.8 Å². The summed E-state index contributed by atoms with van der Waals surface area (Å²) in [6.07, 6.45) is 0. The molecule has 6 nitrogen and oxygen atoms in total. The number of amides is 2. The molecule has 0 aromatic heterocycles. The number of ether oxygens (including phenoxy) is 1. The van der Waals surface area contributed by atoms with Crippen LogP contribution in [0.5, 0.6) is 5.75 Å². The highest BCUT2D eigenvalue weighted by Gasteiger charge is 2.14. The summed E-state index contributed by atoms with van der Waals surface area (Å²) < 4.78 is 5.10. The van der Waals surface area contributed by atoms with Crippen molar-refractivity contribution in [1.29, 1.82) is 5.26 Å². The first-order valence-corrected chi connectivity index (χ1v) is 6.81. The molecule has 116 valence electrons. The van der Waals surface area contributed by atoms with Crippen LogP contribution in [-0.4, -0.2) is 18.9 Å². The normalized spacial score (nSPS) is 9.61. The van der Waals surface area contributed by atoms with Crippen molar-refractivity contribution < 1.29 is 14.3 Å². The average Bonchev–Trinajstić information content (AvgIpc) is 2.59. The molecule has 0 unspecified atom stereocenters. The molecule has 2 N–H and O–H groups in total. The van der Waals surface area contributed by atoms with Crippen LogP contribution in [0.15, 0.2) is 42.5 Å². The number of nitriles is 1. The Hall–Kier alpha value is -3.33. The van der Waals surface area contributed by atoms with Gasteiger partial charge in [0, 0.05) is 5.56 Å². The van der Waals surface area contributed by atoms with Gasteiger partial charge in [-0.25, -0.2) is 0 Å². The zero-order valence-corrected chi connectivity index (χ0v) is 12.7. The topological polar surface area (TPSA) is 91.2 Å². The Morgan fingerprint density at radius 1 is 1.04 bits per heavy atom. The second kappa shape index (κ2) is 7.09. The molecule has 0 atom stereocenters. The summed E-state index contributed by atoms with van der Waals surface area (Å²) in [5, 5.41) is 8.82. The molecule has 0 saturated carbocycles. The number of methoxy groups -OCH3 is 1. The lowest BCUT2D eigenvalue weighted by atomic mass is 10.1. The van der Waals surface area contributed by atoms with Crippen molar-refractivity contribution in [3.05, 3.63) is 64.7 Å². The van der Waals surface area contributed by atoms with Crippen molar-refractivity contribution in [3.8, 4) is 11.8 Å². The van der Waals surface area contributed by atoms with E-state index in [0.717, 1.165) is 0 Å². The lowest BCUT2D eigenvalue weighted by Crippen LogP contribution is -2.42. The Kier molecular flexibility index (Phi) is 4.95. The van der Waals surface area contributed by atoms with Crippen LogP contribution < -0.4 is 15.6 Å². The maximum Gasteiger partial charge on any atom is 0.273 e. The van der Waals surface area contributed by atoms with Crippen LogP contribution in [0.25, 0.3) is 0 Å². The lowest BCUT2D eigenvalue weighted by molar-refractivity contribution is 0.0844. The molecule has 2 rings (SSSR count). The van der Waals surface area contributed by atoms with E-state index in [9.17, 15) is 9.59 Å². The molecule has 6 heteroatoms. The number of rotatable bonds is 3. The van der Waals surface area contributed by atoms with E-state index in [1.807, 2.05) is 6.07 Å². The second-order valence-corrected chi connectivity index (χ2v) is 4.75. The van der Waals surface area contributed by atoms with Gasteiger partial charge in [-0.15, -0.1) is 0 Å². The summed E-state index contributed by atoms with van der Waals surface area (Å²) >= 11 is 0. The maximum absolute atomic E-state index is 12.1. The van der Waals surface area contributed by atoms with Crippen LogP contribution in [0.1, 0.15) is 31.8 Å². The predicted octanol–water partition coefficient (Wildman–Crippen LogP) is 1.95. The minimum absolute atomic E-state index is 0.312. The number of hydrazine groups is 1. The largest absolute Gasteiger partial charge is 0.496 e. The zero-order valence-electron chi connectivity index (χ0n) is 12.7. The van der Waals surface area contributed by atoms with Gasteiger partial charge in [-0.05, 0) is 42.8 Å². The molecular weight excluding hydrogens is 294 g/mol. The van der Waals surface area contributed by atoms with Crippen LogP contribution in [0.2, 0.25) is 0 Å². The van der Waals surface area contributed by atoms with Gasteiger partial charge < -0.3 is 4.74 Å². The third-order valence-corrected chi connectivity index (χ3v) is 3.24. The Balaban J connectivity index is 2.07. The summed E-state index contributed by atoms with van der Waals surface area (Å²) in [4.78, 5) is 24.2. The Bertz CT molecular complexity index is 794. The molecule has 0 aliphatic heterocycles. The van der Waals surface area contributed by atoms with Crippen molar-refractivity contribution in [2.75, 3.05) is 7.11 Å². The fraction of sp³-hybridized carbons (Fsp3) is 0.118. The second-order valence-electron chi connectivity index (χ2n) is 4.75. The summed E-state index contributed by atoms with van der Waals surface area (Å²) in [5.41, 5.74) is 6.50. The summed E-state index contributed by atoms with van der Waals surface area (Å²) in [6.45, 7) is 1.72. The number of para-hydroxylation sites is 1. The van der Waals surface area contributed by atoms with E-state index >= 15 is 0 Å². The number of benzene rings is 2. The summed E-state index contributed by atoms with van der Waals surface area (Å²) in [5.74, 6) is -0.536. The monoisotopic (exact) mass is 309 g/mol. The number of hydrogen-bond donors (Lipinski definition) is 2. The number of hydrogen-bond acceptors (Lipinski definition) is 4. The number of carbonyl (C=O) groups is 2. The molecule has 0 saturated heterocycles. The Morgan fingerprint density at radius 2 is 1.70 bits per heavy atom. The molecule has 23 heavy (non-hydrogen) atoms. The molecule has 0 aliphatic rings. The van der Waals surface area contributed by atoms with E-state index in [4.69, 9.17) is 10.00 Å². The van der Waals surface area contributed by atoms with Crippen molar-refractivity contribution in [2.24, 2.45) is 0 Å². The molecule has 0 heterocycles. The van der Waals surface area contributed by atoms with Crippen LogP contribution in [0.4, 0.5) is 0 Å². The van der Waals surface area contributed by atoms with E-state index in [0.29, 0.717) is 28.0 Å². The van der Waals surface area contributed by atoms with Gasteiger partial charge in [0.05, 0.1) is 24.3 Å². The third-order valence-electron chi connectivity index (χ3n) is 3.24. The lowest BCUT2D eigenvalue weighted by Gasteiger charge is -2.11. The minimum atomic E-state index is -0.484. The maximum atomic E-state index is 12.1. The molecule has 0 spiro atoms. The van der Waals surface area contributed by atoms with E-state index in [2.05, 4.69) is 10.9 Å². The molecule has 0 fully saturated rings. The zero-order chi connectivity index (χ0) is 16.8. The first kappa shape index (κ1) is 16.0. The Morgan fingerprint density at radius 3 is 2.30 bits per heavy atom. The molecule has 2 aromatic carbocycles. The molecule has 2 aromatic rings. The van der Waals surface area contributed by atoms with Crippen molar-refractivity contribution in [1.82, 2.24) is 10.9 Å². The fourth-order valence-corrected chi connectivity index (χ4v) is 2.07. The van der Waals surface area contributed by atoms with Crippen LogP contribution >= 0.6 is 0 Å². The number of carbonyl (C=O) groups excluding carboxylic acids is 2. The molecular formula is C17H15N3O3. The highest BCUT2D eigenvalue weighted by Crippen LogP contribution is 2.16. The predicted molar refractivity (Wildman–Crippen MR) is 83.8 cm³/mol. The number of nitrogens with one attached hydrogen (secondary N) is 2. The van der Waals surface area contributed by atoms with E-state index in [1.165, 1.54) is 7.11 Å². The molecule has 0 bridgehead atoms. The SMILES string of the molecule is COc1ccccc1C(=O)NNC(=O)c1ccc(C#N)cc1C. The Labute approximate surface area is 133 Å².